The number of carbonyl (C=O) groups is 1. The van der Waals surface area contributed by atoms with E-state index in [1.807, 2.05) is 19.1 Å². The molecule has 1 aromatic carbocycles. The first-order chi connectivity index (χ1) is 11.1. The summed E-state index contributed by atoms with van der Waals surface area (Å²) in [6.45, 7) is 1.92. The summed E-state index contributed by atoms with van der Waals surface area (Å²) in [6, 6.07) is 10.4. The third kappa shape index (κ3) is 3.54. The van der Waals surface area contributed by atoms with Gasteiger partial charge in [0, 0.05) is 23.3 Å². The SMILES string of the molecule is CC(NC(=O)c1csc(-c2ccc(O)cc2)n1)c1ccncc1. The number of hydrogen-bond acceptors (Lipinski definition) is 5. The number of phenols is 1. The molecule has 0 spiro atoms. The van der Waals surface area contributed by atoms with Crippen LogP contribution in [0.4, 0.5) is 0 Å². The predicted octanol–water partition coefficient (Wildman–Crippen LogP) is 3.40. The first kappa shape index (κ1) is 15.2. The lowest BCUT2D eigenvalue weighted by Crippen LogP contribution is -2.26. The second-order valence-electron chi connectivity index (χ2n) is 5.06. The van der Waals surface area contributed by atoms with E-state index in [1.165, 1.54) is 11.3 Å². The van der Waals surface area contributed by atoms with Crippen molar-refractivity contribution in [2.24, 2.45) is 0 Å². The number of amides is 1. The summed E-state index contributed by atoms with van der Waals surface area (Å²) in [5, 5.41) is 14.7. The molecule has 3 rings (SSSR count). The van der Waals surface area contributed by atoms with Crippen molar-refractivity contribution in [3.05, 3.63) is 65.4 Å². The van der Waals surface area contributed by atoms with Crippen LogP contribution in [0.3, 0.4) is 0 Å². The standard InChI is InChI=1S/C17H15N3O2S/c1-11(12-6-8-18-9-7-12)19-16(22)15-10-23-17(20-15)13-2-4-14(21)5-3-13/h2-11,21H,1H3,(H,19,22). The van der Waals surface area contributed by atoms with E-state index in [2.05, 4.69) is 15.3 Å². The van der Waals surface area contributed by atoms with Crippen LogP contribution in [0.2, 0.25) is 0 Å². The summed E-state index contributed by atoms with van der Waals surface area (Å²) in [5.41, 5.74) is 2.25. The number of aromatic hydroxyl groups is 1. The summed E-state index contributed by atoms with van der Waals surface area (Å²) >= 11 is 1.40. The van der Waals surface area contributed by atoms with Crippen molar-refractivity contribution in [2.45, 2.75) is 13.0 Å². The van der Waals surface area contributed by atoms with Gasteiger partial charge < -0.3 is 10.4 Å². The molecule has 0 aliphatic rings. The Bertz CT molecular complexity index is 800. The molecule has 0 aliphatic carbocycles. The average Bonchev–Trinajstić information content (AvgIpc) is 3.06. The van der Waals surface area contributed by atoms with Crippen LogP contribution in [-0.4, -0.2) is 21.0 Å². The molecule has 0 fully saturated rings. The number of pyridine rings is 1. The minimum atomic E-state index is -0.212. The summed E-state index contributed by atoms with van der Waals surface area (Å²) < 4.78 is 0. The van der Waals surface area contributed by atoms with Crippen LogP contribution in [0.1, 0.15) is 29.0 Å². The zero-order chi connectivity index (χ0) is 16.2. The molecular weight excluding hydrogens is 310 g/mol. The Hall–Kier alpha value is -2.73. The van der Waals surface area contributed by atoms with Gasteiger partial charge in [0.2, 0.25) is 0 Å². The van der Waals surface area contributed by atoms with Crippen LogP contribution >= 0.6 is 11.3 Å². The molecule has 2 aromatic heterocycles. The lowest BCUT2D eigenvalue weighted by atomic mass is 10.1. The zero-order valence-electron chi connectivity index (χ0n) is 12.4. The smallest absolute Gasteiger partial charge is 0.271 e. The van der Waals surface area contributed by atoms with E-state index < -0.39 is 0 Å². The van der Waals surface area contributed by atoms with Crippen LogP contribution in [0.15, 0.2) is 54.2 Å². The van der Waals surface area contributed by atoms with Crippen molar-refractivity contribution in [1.82, 2.24) is 15.3 Å². The van der Waals surface area contributed by atoms with Crippen molar-refractivity contribution in [2.75, 3.05) is 0 Å². The Morgan fingerprint density at radius 1 is 1.17 bits per heavy atom. The maximum absolute atomic E-state index is 12.3. The number of benzene rings is 1. The van der Waals surface area contributed by atoms with E-state index in [4.69, 9.17) is 0 Å². The van der Waals surface area contributed by atoms with E-state index in [1.54, 1.807) is 42.0 Å². The maximum Gasteiger partial charge on any atom is 0.271 e. The van der Waals surface area contributed by atoms with Gasteiger partial charge in [-0.25, -0.2) is 4.98 Å². The van der Waals surface area contributed by atoms with Gasteiger partial charge in [0.15, 0.2) is 0 Å². The summed E-state index contributed by atoms with van der Waals surface area (Å²) in [7, 11) is 0. The van der Waals surface area contributed by atoms with Crippen molar-refractivity contribution in [1.29, 1.82) is 0 Å². The topological polar surface area (TPSA) is 75.1 Å². The lowest BCUT2D eigenvalue weighted by molar-refractivity contribution is 0.0935. The normalized spacial score (nSPS) is 11.9. The molecule has 1 amide bonds. The van der Waals surface area contributed by atoms with Crippen LogP contribution < -0.4 is 5.32 Å². The van der Waals surface area contributed by atoms with Crippen LogP contribution in [0.5, 0.6) is 5.75 Å². The Labute approximate surface area is 137 Å². The molecule has 116 valence electrons. The second-order valence-corrected chi connectivity index (χ2v) is 5.92. The van der Waals surface area contributed by atoms with Crippen molar-refractivity contribution < 1.29 is 9.90 Å². The minimum absolute atomic E-state index is 0.121. The van der Waals surface area contributed by atoms with E-state index in [0.29, 0.717) is 5.69 Å². The number of nitrogens with one attached hydrogen (secondary N) is 1. The molecular formula is C17H15N3O2S. The predicted molar refractivity (Wildman–Crippen MR) is 89.3 cm³/mol. The van der Waals surface area contributed by atoms with Crippen LogP contribution in [-0.2, 0) is 0 Å². The highest BCUT2D eigenvalue weighted by Crippen LogP contribution is 2.25. The molecule has 0 bridgehead atoms. The van der Waals surface area contributed by atoms with Gasteiger partial charge in [-0.2, -0.15) is 0 Å². The Kier molecular flexibility index (Phi) is 4.34. The molecule has 6 heteroatoms. The molecule has 2 heterocycles. The highest BCUT2D eigenvalue weighted by atomic mass is 32.1. The van der Waals surface area contributed by atoms with Crippen molar-refractivity contribution in [3.63, 3.8) is 0 Å². The van der Waals surface area contributed by atoms with Gasteiger partial charge in [-0.3, -0.25) is 9.78 Å². The zero-order valence-corrected chi connectivity index (χ0v) is 13.2. The molecule has 5 nitrogen and oxygen atoms in total. The number of phenolic OH excluding ortho intramolecular Hbond substituents is 1. The lowest BCUT2D eigenvalue weighted by Gasteiger charge is -2.12. The molecule has 0 saturated carbocycles. The molecule has 23 heavy (non-hydrogen) atoms. The Morgan fingerprint density at radius 2 is 1.87 bits per heavy atom. The van der Waals surface area contributed by atoms with E-state index >= 15 is 0 Å². The third-order valence-electron chi connectivity index (χ3n) is 3.40. The second kappa shape index (κ2) is 6.58. The highest BCUT2D eigenvalue weighted by molar-refractivity contribution is 7.13. The van der Waals surface area contributed by atoms with Gasteiger partial charge in [0.25, 0.3) is 5.91 Å². The number of rotatable bonds is 4. The van der Waals surface area contributed by atoms with Gasteiger partial charge in [-0.05, 0) is 48.9 Å². The third-order valence-corrected chi connectivity index (χ3v) is 4.30. The van der Waals surface area contributed by atoms with Gasteiger partial charge in [-0.1, -0.05) is 0 Å². The van der Waals surface area contributed by atoms with Crippen LogP contribution in [0, 0.1) is 0 Å². The van der Waals surface area contributed by atoms with E-state index in [0.717, 1.165) is 16.1 Å². The number of nitrogens with zero attached hydrogens (tertiary/aromatic N) is 2. The number of carbonyl (C=O) groups excluding carboxylic acids is 1. The minimum Gasteiger partial charge on any atom is -0.508 e. The largest absolute Gasteiger partial charge is 0.508 e. The van der Waals surface area contributed by atoms with Gasteiger partial charge in [-0.15, -0.1) is 11.3 Å². The monoisotopic (exact) mass is 325 g/mol. The van der Waals surface area contributed by atoms with Gasteiger partial charge >= 0.3 is 0 Å². The number of aromatic nitrogens is 2. The van der Waals surface area contributed by atoms with E-state index in [9.17, 15) is 9.90 Å². The molecule has 1 atom stereocenters. The molecule has 0 radical (unpaired) electrons. The quantitative estimate of drug-likeness (QED) is 0.771. The highest BCUT2D eigenvalue weighted by Gasteiger charge is 2.15. The van der Waals surface area contributed by atoms with Gasteiger partial charge in [0.05, 0.1) is 6.04 Å². The van der Waals surface area contributed by atoms with E-state index in [-0.39, 0.29) is 17.7 Å². The first-order valence-electron chi connectivity index (χ1n) is 7.09. The molecule has 1 unspecified atom stereocenters. The average molecular weight is 325 g/mol. The maximum atomic E-state index is 12.3. The Balaban J connectivity index is 1.72. The number of hydrogen-bond donors (Lipinski definition) is 2. The van der Waals surface area contributed by atoms with Gasteiger partial charge in [0.1, 0.15) is 16.5 Å². The van der Waals surface area contributed by atoms with Crippen molar-refractivity contribution in [3.8, 4) is 16.3 Å². The summed E-state index contributed by atoms with van der Waals surface area (Å²) in [5.74, 6) is -0.00922. The Morgan fingerprint density at radius 3 is 2.57 bits per heavy atom. The number of thiazole rings is 1. The fourth-order valence-corrected chi connectivity index (χ4v) is 2.93. The molecule has 2 N–H and O–H groups in total. The first-order valence-corrected chi connectivity index (χ1v) is 7.97. The van der Waals surface area contributed by atoms with Crippen LogP contribution in [0.25, 0.3) is 10.6 Å². The fraction of sp³-hybridized carbons (Fsp3) is 0.118. The summed E-state index contributed by atoms with van der Waals surface area (Å²) in [6.07, 6.45) is 3.40. The molecule has 3 aromatic rings. The molecule has 0 saturated heterocycles. The summed E-state index contributed by atoms with van der Waals surface area (Å²) in [4.78, 5) is 20.6. The molecule has 0 aliphatic heterocycles. The van der Waals surface area contributed by atoms with Crippen molar-refractivity contribution >= 4 is 17.2 Å². The fourth-order valence-electron chi connectivity index (χ4n) is 2.12.